The van der Waals surface area contributed by atoms with Crippen LogP contribution < -0.4 is 4.90 Å². The molecule has 8 heteroatoms. The molecule has 4 rings (SSSR count). The lowest BCUT2D eigenvalue weighted by atomic mass is 9.66. The summed E-state index contributed by atoms with van der Waals surface area (Å²) < 4.78 is -1.18. The quantitative estimate of drug-likeness (QED) is 0.459. The van der Waals surface area contributed by atoms with Gasteiger partial charge in [-0.25, -0.2) is 0 Å². The van der Waals surface area contributed by atoms with E-state index in [0.717, 1.165) is 23.2 Å². The van der Waals surface area contributed by atoms with Crippen LogP contribution in [0.4, 0.5) is 5.69 Å². The summed E-state index contributed by atoms with van der Waals surface area (Å²) in [5.74, 6) is -1.61. The molecule has 3 aliphatic heterocycles. The van der Waals surface area contributed by atoms with Crippen molar-refractivity contribution in [3.05, 3.63) is 54.6 Å². The molecule has 2 unspecified atom stereocenters. The Kier molecular flexibility index (Phi) is 7.88. The SMILES string of the molecule is C=CCN(C)C(=O)[C@H]1[C@H]2C(=O)N([C@@H](CC)CO)C(C(=O)N(CC=C)c3cc(C)ccc3C)C23CC[C@]1(C)S3. The van der Waals surface area contributed by atoms with E-state index in [0.29, 0.717) is 25.9 Å². The third-order valence-electron chi connectivity index (χ3n) is 8.80. The largest absolute Gasteiger partial charge is 0.394 e. The van der Waals surface area contributed by atoms with Crippen LogP contribution in [0.3, 0.4) is 0 Å². The molecule has 0 aromatic heterocycles. The minimum absolute atomic E-state index is 0.0811. The number of hydrogen-bond acceptors (Lipinski definition) is 5. The predicted molar refractivity (Wildman–Crippen MR) is 153 cm³/mol. The van der Waals surface area contributed by atoms with Crippen molar-refractivity contribution >= 4 is 35.2 Å². The van der Waals surface area contributed by atoms with Gasteiger partial charge < -0.3 is 19.8 Å². The van der Waals surface area contributed by atoms with E-state index in [1.54, 1.807) is 45.7 Å². The first kappa shape index (κ1) is 28.4. The van der Waals surface area contributed by atoms with Gasteiger partial charge in [-0.1, -0.05) is 31.2 Å². The molecule has 3 heterocycles. The van der Waals surface area contributed by atoms with Crippen molar-refractivity contribution < 1.29 is 19.5 Å². The molecule has 1 aromatic carbocycles. The van der Waals surface area contributed by atoms with Crippen LogP contribution in [0, 0.1) is 25.7 Å². The Balaban J connectivity index is 1.87. The van der Waals surface area contributed by atoms with Gasteiger partial charge in [0.25, 0.3) is 5.91 Å². The van der Waals surface area contributed by atoms with E-state index in [9.17, 15) is 19.5 Å². The van der Waals surface area contributed by atoms with E-state index >= 15 is 0 Å². The summed E-state index contributed by atoms with van der Waals surface area (Å²) in [5, 5.41) is 10.3. The van der Waals surface area contributed by atoms with Gasteiger partial charge in [-0.3, -0.25) is 14.4 Å². The number of carbonyl (C=O) groups is 3. The van der Waals surface area contributed by atoms with Crippen molar-refractivity contribution in [1.82, 2.24) is 9.80 Å². The average Bonchev–Trinajstić information content (AvgIpc) is 3.45. The summed E-state index contributed by atoms with van der Waals surface area (Å²) in [4.78, 5) is 47.8. The van der Waals surface area contributed by atoms with Gasteiger partial charge in [0.05, 0.1) is 29.2 Å². The Hall–Kier alpha value is -2.58. The van der Waals surface area contributed by atoms with Gasteiger partial charge in [-0.05, 0) is 57.2 Å². The molecule has 0 aliphatic carbocycles. The lowest BCUT2D eigenvalue weighted by Gasteiger charge is -2.39. The molecule has 7 nitrogen and oxygen atoms in total. The van der Waals surface area contributed by atoms with E-state index in [-0.39, 0.29) is 24.3 Å². The second-order valence-electron chi connectivity index (χ2n) is 11.3. The lowest BCUT2D eigenvalue weighted by molar-refractivity contribution is -0.145. The summed E-state index contributed by atoms with van der Waals surface area (Å²) in [7, 11) is 1.74. The zero-order chi connectivity index (χ0) is 28.0. The van der Waals surface area contributed by atoms with Crippen LogP contribution in [0.5, 0.6) is 0 Å². The number of nitrogens with zero attached hydrogens (tertiary/aromatic N) is 3. The molecule has 206 valence electrons. The second kappa shape index (κ2) is 10.5. The third-order valence-corrected chi connectivity index (χ3v) is 10.8. The molecule has 0 saturated carbocycles. The van der Waals surface area contributed by atoms with E-state index in [4.69, 9.17) is 0 Å². The molecular weight excluding hydrogens is 498 g/mol. The number of aliphatic hydroxyl groups is 1. The lowest BCUT2D eigenvalue weighted by Crippen LogP contribution is -2.57. The summed E-state index contributed by atoms with van der Waals surface area (Å²) in [6, 6.07) is 4.71. The first-order valence-corrected chi connectivity index (χ1v) is 14.3. The number of aliphatic hydroxyl groups excluding tert-OH is 1. The number of carbonyl (C=O) groups excluding carboxylic acids is 3. The third kappa shape index (κ3) is 4.20. The molecule has 3 amide bonds. The fourth-order valence-corrected chi connectivity index (χ4v) is 9.27. The highest BCUT2D eigenvalue weighted by molar-refractivity contribution is 8.02. The molecule has 38 heavy (non-hydrogen) atoms. The molecule has 2 bridgehead atoms. The van der Waals surface area contributed by atoms with Crippen molar-refractivity contribution in [3.8, 4) is 0 Å². The number of aryl methyl sites for hydroxylation is 2. The van der Waals surface area contributed by atoms with E-state index in [1.807, 2.05) is 39.0 Å². The van der Waals surface area contributed by atoms with Crippen molar-refractivity contribution in [3.63, 3.8) is 0 Å². The monoisotopic (exact) mass is 539 g/mol. The Morgan fingerprint density at radius 2 is 1.89 bits per heavy atom. The zero-order valence-corrected chi connectivity index (χ0v) is 24.1. The van der Waals surface area contributed by atoms with Gasteiger partial charge in [-0.15, -0.1) is 24.9 Å². The van der Waals surface area contributed by atoms with Crippen molar-refractivity contribution in [2.24, 2.45) is 11.8 Å². The molecule has 3 saturated heterocycles. The molecule has 1 spiro atoms. The molecule has 0 radical (unpaired) electrons. The molecule has 6 atom stereocenters. The maximum atomic E-state index is 14.7. The molecule has 1 aromatic rings. The van der Waals surface area contributed by atoms with Crippen molar-refractivity contribution in [2.75, 3.05) is 31.6 Å². The highest BCUT2D eigenvalue weighted by atomic mass is 32.2. The van der Waals surface area contributed by atoms with Crippen LogP contribution in [-0.2, 0) is 14.4 Å². The zero-order valence-electron chi connectivity index (χ0n) is 23.3. The molecule has 1 N–H and O–H groups in total. The maximum Gasteiger partial charge on any atom is 0.251 e. The van der Waals surface area contributed by atoms with Crippen molar-refractivity contribution in [1.29, 1.82) is 0 Å². The number of thioether (sulfide) groups is 1. The van der Waals surface area contributed by atoms with Gasteiger partial charge in [-0.2, -0.15) is 0 Å². The van der Waals surface area contributed by atoms with E-state index in [2.05, 4.69) is 20.1 Å². The number of hydrogen-bond donors (Lipinski definition) is 1. The van der Waals surface area contributed by atoms with Gasteiger partial charge in [0.15, 0.2) is 0 Å². The standard InChI is InChI=1S/C30H41N3O4S/c1-8-15-31(7)26(35)23-24-27(36)33(21(10-3)18-34)25(30(24)14-13-29(23,6)38-30)28(37)32(16-9-2)22-17-19(4)11-12-20(22)5/h8-9,11-12,17,21,23-25,34H,1-2,10,13-16,18H2,3-7H3/t21-,23+,24-,25?,29-,30?/m0/s1. The average molecular weight is 540 g/mol. The highest BCUT2D eigenvalue weighted by Gasteiger charge is 2.78. The Bertz CT molecular complexity index is 1150. The number of anilines is 1. The summed E-state index contributed by atoms with van der Waals surface area (Å²) in [6.07, 6.45) is 5.32. The number of benzene rings is 1. The smallest absolute Gasteiger partial charge is 0.251 e. The number of amides is 3. The second-order valence-corrected chi connectivity index (χ2v) is 13.1. The topological polar surface area (TPSA) is 81.2 Å². The minimum Gasteiger partial charge on any atom is -0.394 e. The number of likely N-dealkylation sites (tertiary alicyclic amines) is 1. The molecular formula is C30H41N3O4S. The first-order valence-electron chi connectivity index (χ1n) is 13.5. The van der Waals surface area contributed by atoms with Crippen LogP contribution in [0.25, 0.3) is 0 Å². The fourth-order valence-electron chi connectivity index (χ4n) is 6.94. The summed E-state index contributed by atoms with van der Waals surface area (Å²) in [5.41, 5.74) is 2.78. The Morgan fingerprint density at radius 3 is 2.50 bits per heavy atom. The van der Waals surface area contributed by atoms with E-state index < -0.39 is 33.4 Å². The van der Waals surface area contributed by atoms with Crippen LogP contribution >= 0.6 is 11.8 Å². The van der Waals surface area contributed by atoms with Crippen LogP contribution in [0.2, 0.25) is 0 Å². The van der Waals surface area contributed by atoms with Gasteiger partial charge in [0.2, 0.25) is 11.8 Å². The van der Waals surface area contributed by atoms with Crippen LogP contribution in [0.1, 0.15) is 44.2 Å². The van der Waals surface area contributed by atoms with Crippen LogP contribution in [0.15, 0.2) is 43.5 Å². The summed E-state index contributed by atoms with van der Waals surface area (Å²) >= 11 is 1.65. The number of rotatable bonds is 10. The molecule has 3 fully saturated rings. The first-order chi connectivity index (χ1) is 18.0. The maximum absolute atomic E-state index is 14.7. The highest BCUT2D eigenvalue weighted by Crippen LogP contribution is 2.72. The summed E-state index contributed by atoms with van der Waals surface area (Å²) in [6.45, 7) is 16.1. The normalized spacial score (nSPS) is 30.2. The van der Waals surface area contributed by atoms with Gasteiger partial charge in [0.1, 0.15) is 6.04 Å². The Morgan fingerprint density at radius 1 is 1.21 bits per heavy atom. The minimum atomic E-state index is -0.786. The number of fused-ring (bicyclic) bond motifs is 1. The van der Waals surface area contributed by atoms with E-state index in [1.165, 1.54) is 0 Å². The molecule has 3 aliphatic rings. The Labute approximate surface area is 230 Å². The number of likely N-dealkylation sites (N-methyl/N-ethyl adjacent to an activating group) is 1. The van der Waals surface area contributed by atoms with Crippen molar-refractivity contribution in [2.45, 2.75) is 68.5 Å². The van der Waals surface area contributed by atoms with Gasteiger partial charge >= 0.3 is 0 Å². The predicted octanol–water partition coefficient (Wildman–Crippen LogP) is 3.72. The van der Waals surface area contributed by atoms with Gasteiger partial charge in [0, 0.05) is 30.6 Å². The fraction of sp³-hybridized carbons (Fsp3) is 0.567. The van der Waals surface area contributed by atoms with Crippen LogP contribution in [-0.4, -0.2) is 80.9 Å².